The van der Waals surface area contributed by atoms with E-state index in [9.17, 15) is 4.79 Å². The van der Waals surface area contributed by atoms with Crippen LogP contribution in [0.25, 0.3) is 17.2 Å². The minimum Gasteiger partial charge on any atom is -0.443 e. The molecule has 26 heavy (non-hydrogen) atoms. The summed E-state index contributed by atoms with van der Waals surface area (Å²) < 4.78 is 10.8. The molecule has 136 valence electrons. The Morgan fingerprint density at radius 2 is 2.23 bits per heavy atom. The highest BCUT2D eigenvalue weighted by molar-refractivity contribution is 6.13. The van der Waals surface area contributed by atoms with Gasteiger partial charge in [0.1, 0.15) is 11.2 Å². The summed E-state index contributed by atoms with van der Waals surface area (Å²) in [6.45, 7) is 0. The zero-order valence-electron chi connectivity index (χ0n) is 14.7. The van der Waals surface area contributed by atoms with Crippen molar-refractivity contribution in [2.45, 2.75) is 44.2 Å². The molecule has 2 heterocycles. The van der Waals surface area contributed by atoms with Gasteiger partial charge in [-0.15, -0.1) is 0 Å². The van der Waals surface area contributed by atoms with Crippen LogP contribution in [0, 0.1) is 0 Å². The van der Waals surface area contributed by atoms with Gasteiger partial charge in [-0.2, -0.15) is 0 Å². The lowest BCUT2D eigenvalue weighted by atomic mass is 10.1. The maximum atomic E-state index is 12.2. The lowest BCUT2D eigenvalue weighted by Gasteiger charge is -2.20. The lowest BCUT2D eigenvalue weighted by Crippen LogP contribution is -2.43. The van der Waals surface area contributed by atoms with E-state index in [1.54, 1.807) is 13.2 Å². The molecule has 2 aliphatic rings. The van der Waals surface area contributed by atoms with E-state index < -0.39 is 0 Å². The van der Waals surface area contributed by atoms with Gasteiger partial charge in [0.15, 0.2) is 12.0 Å². The number of methoxy groups -OCH3 is 1. The molecule has 7 nitrogen and oxygen atoms in total. The Morgan fingerprint density at radius 3 is 3.12 bits per heavy atom. The van der Waals surface area contributed by atoms with Crippen LogP contribution in [0.15, 0.2) is 39.7 Å². The Bertz CT molecular complexity index is 871. The second-order valence-corrected chi connectivity index (χ2v) is 6.74. The van der Waals surface area contributed by atoms with Gasteiger partial charge < -0.3 is 14.5 Å². The molecule has 4 rings (SSSR count). The third-order valence-corrected chi connectivity index (χ3v) is 4.91. The van der Waals surface area contributed by atoms with Crippen LogP contribution in [-0.2, 0) is 9.53 Å². The quantitative estimate of drug-likeness (QED) is 0.653. The van der Waals surface area contributed by atoms with Gasteiger partial charge in [0.25, 0.3) is 5.91 Å². The molecule has 0 spiro atoms. The number of amides is 1. The molecule has 7 heteroatoms. The van der Waals surface area contributed by atoms with Crippen LogP contribution in [0.1, 0.15) is 37.7 Å². The van der Waals surface area contributed by atoms with Crippen LogP contribution in [-0.4, -0.2) is 36.1 Å². The average Bonchev–Trinajstić information content (AvgIpc) is 3.15. The summed E-state index contributed by atoms with van der Waals surface area (Å²) in [4.78, 5) is 20.8. The lowest BCUT2D eigenvalue weighted by molar-refractivity contribution is -0.115. The number of aromatic nitrogens is 1. The zero-order chi connectivity index (χ0) is 17.9. The van der Waals surface area contributed by atoms with Crippen molar-refractivity contribution >= 4 is 29.0 Å². The molecule has 1 aromatic carbocycles. The third-order valence-electron chi connectivity index (χ3n) is 4.91. The minimum atomic E-state index is -0.206. The van der Waals surface area contributed by atoms with E-state index in [1.807, 2.05) is 18.2 Å². The molecule has 2 unspecified atom stereocenters. The predicted octanol–water partition coefficient (Wildman–Crippen LogP) is 2.59. The van der Waals surface area contributed by atoms with Crippen molar-refractivity contribution in [2.24, 2.45) is 4.99 Å². The molecule has 0 saturated heterocycles. The van der Waals surface area contributed by atoms with Gasteiger partial charge in [0, 0.05) is 13.2 Å². The van der Waals surface area contributed by atoms with Gasteiger partial charge in [-0.3, -0.25) is 10.1 Å². The number of benzene rings is 1. The Hall–Kier alpha value is -2.67. The smallest absolute Gasteiger partial charge is 0.276 e. The Labute approximate surface area is 151 Å². The molecule has 1 fully saturated rings. The number of ether oxygens (including phenoxy) is 1. The van der Waals surface area contributed by atoms with E-state index in [1.165, 1.54) is 12.8 Å². The van der Waals surface area contributed by atoms with Gasteiger partial charge in [-0.25, -0.2) is 9.98 Å². The summed E-state index contributed by atoms with van der Waals surface area (Å²) in [6.07, 6.45) is 8.80. The van der Waals surface area contributed by atoms with Gasteiger partial charge >= 0.3 is 0 Å². The SMILES string of the molecule is COC1CCCCC(NC2=N/C(=C\c3ccc4ncoc4c3)C(=O)N2)C1. The summed E-state index contributed by atoms with van der Waals surface area (Å²) >= 11 is 0. The number of aliphatic imine (C=N–C) groups is 1. The van der Waals surface area contributed by atoms with Crippen LogP contribution in [0.3, 0.4) is 0 Å². The normalized spacial score (nSPS) is 25.2. The fraction of sp³-hybridized carbons (Fsp3) is 0.421. The van der Waals surface area contributed by atoms with Crippen LogP contribution in [0.2, 0.25) is 0 Å². The standard InChI is InChI=1S/C19H22N4O3/c1-25-14-5-3-2-4-13(10-14)21-19-22-16(18(24)23-19)8-12-6-7-15-17(9-12)26-11-20-15/h6-9,11,13-14H,2-5,10H2,1H3,(H2,21,22,23,24)/b16-8-. The average molecular weight is 354 g/mol. The van der Waals surface area contributed by atoms with Gasteiger partial charge in [-0.1, -0.05) is 18.9 Å². The molecule has 0 bridgehead atoms. The Balaban J connectivity index is 1.49. The summed E-state index contributed by atoms with van der Waals surface area (Å²) in [5, 5.41) is 6.17. The van der Waals surface area contributed by atoms with Crippen molar-refractivity contribution in [3.05, 3.63) is 35.9 Å². The number of oxazole rings is 1. The van der Waals surface area contributed by atoms with E-state index in [0.717, 1.165) is 36.8 Å². The van der Waals surface area contributed by atoms with Crippen LogP contribution in [0.5, 0.6) is 0 Å². The molecule has 1 amide bonds. The molecular weight excluding hydrogens is 332 g/mol. The summed E-state index contributed by atoms with van der Waals surface area (Å²) in [6, 6.07) is 5.85. The van der Waals surface area contributed by atoms with Crippen molar-refractivity contribution in [1.82, 2.24) is 15.6 Å². The molecular formula is C19H22N4O3. The topological polar surface area (TPSA) is 88.8 Å². The van der Waals surface area contributed by atoms with Crippen molar-refractivity contribution in [1.29, 1.82) is 0 Å². The van der Waals surface area contributed by atoms with Crippen molar-refractivity contribution in [3.8, 4) is 0 Å². The van der Waals surface area contributed by atoms with E-state index in [0.29, 0.717) is 17.2 Å². The molecule has 1 aromatic heterocycles. The molecule has 1 saturated carbocycles. The molecule has 0 radical (unpaired) electrons. The van der Waals surface area contributed by atoms with E-state index >= 15 is 0 Å². The third kappa shape index (κ3) is 3.62. The monoisotopic (exact) mass is 354 g/mol. The highest BCUT2D eigenvalue weighted by atomic mass is 16.5. The van der Waals surface area contributed by atoms with Gasteiger partial charge in [0.05, 0.1) is 6.10 Å². The molecule has 1 aliphatic heterocycles. The highest BCUT2D eigenvalue weighted by Gasteiger charge is 2.25. The second-order valence-electron chi connectivity index (χ2n) is 6.74. The zero-order valence-corrected chi connectivity index (χ0v) is 14.7. The Morgan fingerprint density at radius 1 is 1.35 bits per heavy atom. The fourth-order valence-corrected chi connectivity index (χ4v) is 3.51. The van der Waals surface area contributed by atoms with E-state index in [2.05, 4.69) is 20.6 Å². The first kappa shape index (κ1) is 16.8. The summed E-state index contributed by atoms with van der Waals surface area (Å²) in [7, 11) is 1.76. The predicted molar refractivity (Wildman–Crippen MR) is 98.4 cm³/mol. The summed E-state index contributed by atoms with van der Waals surface area (Å²) in [5.74, 6) is 0.311. The number of nitrogens with one attached hydrogen (secondary N) is 2. The summed E-state index contributed by atoms with van der Waals surface area (Å²) in [5.41, 5.74) is 2.70. The number of hydrogen-bond donors (Lipinski definition) is 2. The van der Waals surface area contributed by atoms with Crippen LogP contribution < -0.4 is 10.6 Å². The minimum absolute atomic E-state index is 0.206. The van der Waals surface area contributed by atoms with Gasteiger partial charge in [-0.05, 0) is 43.0 Å². The Kier molecular flexibility index (Phi) is 4.71. The maximum Gasteiger partial charge on any atom is 0.276 e. The molecule has 2 atom stereocenters. The van der Waals surface area contributed by atoms with Gasteiger partial charge in [0.2, 0.25) is 5.96 Å². The highest BCUT2D eigenvalue weighted by Crippen LogP contribution is 2.21. The molecule has 2 aromatic rings. The maximum absolute atomic E-state index is 12.2. The second kappa shape index (κ2) is 7.29. The molecule has 1 aliphatic carbocycles. The van der Waals surface area contributed by atoms with Crippen LogP contribution in [0.4, 0.5) is 0 Å². The number of nitrogens with zero attached hydrogens (tertiary/aromatic N) is 2. The number of carbonyl (C=O) groups excluding carboxylic acids is 1. The van der Waals surface area contributed by atoms with Crippen molar-refractivity contribution in [3.63, 3.8) is 0 Å². The fourth-order valence-electron chi connectivity index (χ4n) is 3.51. The van der Waals surface area contributed by atoms with E-state index in [-0.39, 0.29) is 18.1 Å². The number of hydrogen-bond acceptors (Lipinski definition) is 6. The largest absolute Gasteiger partial charge is 0.443 e. The first-order valence-corrected chi connectivity index (χ1v) is 8.95. The number of carbonyl (C=O) groups is 1. The first-order chi connectivity index (χ1) is 12.7. The number of fused-ring (bicyclic) bond motifs is 1. The van der Waals surface area contributed by atoms with Crippen molar-refractivity contribution < 1.29 is 13.9 Å². The molecule has 2 N–H and O–H groups in total. The van der Waals surface area contributed by atoms with Crippen LogP contribution >= 0.6 is 0 Å². The first-order valence-electron chi connectivity index (χ1n) is 8.95. The van der Waals surface area contributed by atoms with E-state index in [4.69, 9.17) is 9.15 Å². The number of rotatable bonds is 3. The van der Waals surface area contributed by atoms with Crippen molar-refractivity contribution in [2.75, 3.05) is 7.11 Å². The number of guanidine groups is 1.